The molecular weight excluding hydrogens is 244 g/mol. The Hall–Kier alpha value is -1.78. The Morgan fingerprint density at radius 3 is 2.68 bits per heavy atom. The average molecular weight is 266 g/mol. The molecule has 106 valence electrons. The fourth-order valence-corrected chi connectivity index (χ4v) is 1.91. The van der Waals surface area contributed by atoms with E-state index >= 15 is 0 Å². The predicted molar refractivity (Wildman–Crippen MR) is 74.2 cm³/mol. The summed E-state index contributed by atoms with van der Waals surface area (Å²) in [5.74, 6) is -0.568. The lowest BCUT2D eigenvalue weighted by Crippen LogP contribution is -2.21. The van der Waals surface area contributed by atoms with Gasteiger partial charge in [0, 0.05) is 17.8 Å². The van der Waals surface area contributed by atoms with Gasteiger partial charge in [-0.2, -0.15) is 0 Å². The van der Waals surface area contributed by atoms with Crippen molar-refractivity contribution in [3.05, 3.63) is 17.5 Å². The predicted octanol–water partition coefficient (Wildman–Crippen LogP) is 2.87. The van der Waals surface area contributed by atoms with Gasteiger partial charge in [-0.3, -0.25) is 4.79 Å². The second-order valence-corrected chi connectivity index (χ2v) is 4.60. The summed E-state index contributed by atoms with van der Waals surface area (Å²) in [6, 6.07) is 0. The van der Waals surface area contributed by atoms with E-state index in [2.05, 4.69) is 10.3 Å². The molecule has 1 unspecified atom stereocenters. The lowest BCUT2D eigenvalue weighted by atomic mass is 10.1. The van der Waals surface area contributed by atoms with E-state index in [-0.39, 0.29) is 11.8 Å². The lowest BCUT2D eigenvalue weighted by molar-refractivity contribution is -0.119. The molecule has 2 N–H and O–H groups in total. The zero-order valence-corrected chi connectivity index (χ0v) is 12.0. The molecular formula is C14H22N2O3. The van der Waals surface area contributed by atoms with Crippen LogP contribution in [0.2, 0.25) is 0 Å². The molecule has 0 aliphatic carbocycles. The Bertz CT molecular complexity index is 452. The Kier molecular flexibility index (Phi) is 5.60. The minimum absolute atomic E-state index is 0.0738. The van der Waals surface area contributed by atoms with Crippen LogP contribution in [0, 0.1) is 12.8 Å². The number of anilines is 1. The summed E-state index contributed by atoms with van der Waals surface area (Å²) in [5.41, 5.74) is 1.58. The van der Waals surface area contributed by atoms with E-state index in [1.54, 1.807) is 20.0 Å². The first kappa shape index (κ1) is 15.3. The SMILES string of the molecule is CCCC(C)C(=O)Nc1c[nH]c(C)c1C(=O)OCC. The number of aromatic amines is 1. The zero-order chi connectivity index (χ0) is 14.4. The van der Waals surface area contributed by atoms with Crippen molar-refractivity contribution in [2.45, 2.75) is 40.5 Å². The highest BCUT2D eigenvalue weighted by molar-refractivity contribution is 6.02. The first-order valence-electron chi connectivity index (χ1n) is 6.67. The van der Waals surface area contributed by atoms with Crippen LogP contribution in [-0.4, -0.2) is 23.5 Å². The smallest absolute Gasteiger partial charge is 0.342 e. The summed E-state index contributed by atoms with van der Waals surface area (Å²) in [6.45, 7) is 7.75. The molecule has 5 heteroatoms. The number of H-pyrrole nitrogens is 1. The van der Waals surface area contributed by atoms with Crippen LogP contribution in [-0.2, 0) is 9.53 Å². The van der Waals surface area contributed by atoms with Crippen LogP contribution >= 0.6 is 0 Å². The molecule has 0 aromatic carbocycles. The molecule has 0 aliphatic rings. The third-order valence-corrected chi connectivity index (χ3v) is 2.98. The van der Waals surface area contributed by atoms with Crippen molar-refractivity contribution in [3.8, 4) is 0 Å². The molecule has 19 heavy (non-hydrogen) atoms. The highest BCUT2D eigenvalue weighted by Gasteiger charge is 2.20. The molecule has 0 fully saturated rings. The van der Waals surface area contributed by atoms with Crippen molar-refractivity contribution in [2.24, 2.45) is 5.92 Å². The summed E-state index contributed by atoms with van der Waals surface area (Å²) in [5, 5.41) is 2.78. The van der Waals surface area contributed by atoms with Gasteiger partial charge in [-0.15, -0.1) is 0 Å². The number of hydrogen-bond donors (Lipinski definition) is 2. The number of amides is 1. The van der Waals surface area contributed by atoms with Crippen molar-refractivity contribution >= 4 is 17.6 Å². The highest BCUT2D eigenvalue weighted by atomic mass is 16.5. The first-order valence-corrected chi connectivity index (χ1v) is 6.67. The van der Waals surface area contributed by atoms with Gasteiger partial charge in [0.1, 0.15) is 5.56 Å². The number of rotatable bonds is 6. The Balaban J connectivity index is 2.84. The molecule has 1 aromatic rings. The third-order valence-electron chi connectivity index (χ3n) is 2.98. The van der Waals surface area contributed by atoms with Crippen molar-refractivity contribution in [2.75, 3.05) is 11.9 Å². The molecule has 0 radical (unpaired) electrons. The van der Waals surface area contributed by atoms with Crippen LogP contribution in [0.25, 0.3) is 0 Å². The first-order chi connectivity index (χ1) is 9.01. The average Bonchev–Trinajstić information content (AvgIpc) is 2.71. The molecule has 0 aliphatic heterocycles. The standard InChI is InChI=1S/C14H22N2O3/c1-5-7-9(3)13(17)16-11-8-15-10(4)12(11)14(18)19-6-2/h8-9,15H,5-7H2,1-4H3,(H,16,17). The molecule has 0 saturated heterocycles. The van der Waals surface area contributed by atoms with Gasteiger partial charge in [0.15, 0.2) is 0 Å². The van der Waals surface area contributed by atoms with Crippen molar-refractivity contribution in [3.63, 3.8) is 0 Å². The molecule has 1 aromatic heterocycles. The summed E-state index contributed by atoms with van der Waals surface area (Å²) in [7, 11) is 0. The van der Waals surface area contributed by atoms with Crippen LogP contribution in [0.1, 0.15) is 49.7 Å². The van der Waals surface area contributed by atoms with E-state index in [4.69, 9.17) is 4.74 Å². The minimum Gasteiger partial charge on any atom is -0.462 e. The maximum absolute atomic E-state index is 12.0. The van der Waals surface area contributed by atoms with E-state index in [0.717, 1.165) is 12.8 Å². The van der Waals surface area contributed by atoms with Gasteiger partial charge in [0.2, 0.25) is 5.91 Å². The van der Waals surface area contributed by atoms with Crippen molar-refractivity contribution in [1.82, 2.24) is 4.98 Å². The molecule has 0 saturated carbocycles. The van der Waals surface area contributed by atoms with Gasteiger partial charge in [-0.25, -0.2) is 4.79 Å². The molecule has 1 atom stereocenters. The maximum atomic E-state index is 12.0. The van der Waals surface area contributed by atoms with E-state index in [0.29, 0.717) is 23.6 Å². The molecule has 1 rings (SSSR count). The summed E-state index contributed by atoms with van der Waals surface area (Å²) in [4.78, 5) is 26.7. The second kappa shape index (κ2) is 6.97. The number of nitrogens with one attached hydrogen (secondary N) is 2. The number of ether oxygens (including phenoxy) is 1. The maximum Gasteiger partial charge on any atom is 0.342 e. The van der Waals surface area contributed by atoms with Gasteiger partial charge >= 0.3 is 5.97 Å². The molecule has 5 nitrogen and oxygen atoms in total. The largest absolute Gasteiger partial charge is 0.462 e. The second-order valence-electron chi connectivity index (χ2n) is 4.60. The van der Waals surface area contributed by atoms with Crippen LogP contribution in [0.4, 0.5) is 5.69 Å². The summed E-state index contributed by atoms with van der Waals surface area (Å²) >= 11 is 0. The number of aromatic nitrogens is 1. The van der Waals surface area contributed by atoms with Gasteiger partial charge < -0.3 is 15.0 Å². The molecule has 1 amide bonds. The zero-order valence-electron chi connectivity index (χ0n) is 12.0. The van der Waals surface area contributed by atoms with Gasteiger partial charge in [0.05, 0.1) is 12.3 Å². The summed E-state index contributed by atoms with van der Waals surface area (Å²) < 4.78 is 4.99. The minimum atomic E-state index is -0.417. The van der Waals surface area contributed by atoms with Gasteiger partial charge in [-0.1, -0.05) is 20.3 Å². The number of carbonyl (C=O) groups excluding carboxylic acids is 2. The van der Waals surface area contributed by atoms with E-state index < -0.39 is 5.97 Å². The Morgan fingerprint density at radius 1 is 1.42 bits per heavy atom. The Morgan fingerprint density at radius 2 is 2.11 bits per heavy atom. The number of hydrogen-bond acceptors (Lipinski definition) is 3. The molecule has 0 spiro atoms. The number of aryl methyl sites for hydroxylation is 1. The monoisotopic (exact) mass is 266 g/mol. The van der Waals surface area contributed by atoms with Crippen LogP contribution < -0.4 is 5.32 Å². The topological polar surface area (TPSA) is 71.2 Å². The van der Waals surface area contributed by atoms with Gasteiger partial charge in [0.25, 0.3) is 0 Å². The van der Waals surface area contributed by atoms with Crippen molar-refractivity contribution in [1.29, 1.82) is 0 Å². The number of carbonyl (C=O) groups is 2. The van der Waals surface area contributed by atoms with E-state index in [1.165, 1.54) is 0 Å². The molecule has 0 bridgehead atoms. The van der Waals surface area contributed by atoms with Crippen molar-refractivity contribution < 1.29 is 14.3 Å². The van der Waals surface area contributed by atoms with Crippen LogP contribution in [0.15, 0.2) is 6.20 Å². The normalized spacial score (nSPS) is 12.0. The lowest BCUT2D eigenvalue weighted by Gasteiger charge is -2.11. The van der Waals surface area contributed by atoms with Gasteiger partial charge in [-0.05, 0) is 20.3 Å². The number of esters is 1. The molecule has 1 heterocycles. The fraction of sp³-hybridized carbons (Fsp3) is 0.571. The highest BCUT2D eigenvalue weighted by Crippen LogP contribution is 2.21. The Labute approximate surface area is 113 Å². The van der Waals surface area contributed by atoms with E-state index in [1.807, 2.05) is 13.8 Å². The summed E-state index contributed by atoms with van der Waals surface area (Å²) in [6.07, 6.45) is 3.40. The van der Waals surface area contributed by atoms with Crippen LogP contribution in [0.5, 0.6) is 0 Å². The van der Waals surface area contributed by atoms with E-state index in [9.17, 15) is 9.59 Å². The van der Waals surface area contributed by atoms with Crippen LogP contribution in [0.3, 0.4) is 0 Å². The third kappa shape index (κ3) is 3.84. The quantitative estimate of drug-likeness (QED) is 0.778. The fourth-order valence-electron chi connectivity index (χ4n) is 1.91.